The number of benzene rings is 6. The first-order valence-corrected chi connectivity index (χ1v) is 40.4. The fourth-order valence-electron chi connectivity index (χ4n) is 15.6. The fraction of sp³-hybridized carbons (Fsp3) is 0.405. The lowest BCUT2D eigenvalue weighted by Gasteiger charge is -2.43. The van der Waals surface area contributed by atoms with Crippen LogP contribution in [-0.2, 0) is 73.3 Å². The molecule has 0 spiro atoms. The number of nitrogens with one attached hydrogen (secondary N) is 8. The van der Waals surface area contributed by atoms with Crippen LogP contribution in [-0.4, -0.2) is 226 Å². The molecule has 7 amide bonds. The molecule has 20 N–H and O–H groups in total. The van der Waals surface area contributed by atoms with Crippen molar-refractivity contribution in [3.05, 3.63) is 170 Å². The molecule has 124 heavy (non-hydrogen) atoms. The number of aliphatic hydroxyl groups excluding tert-OH is 6. The summed E-state index contributed by atoms with van der Waals surface area (Å²) in [6.07, 6.45) is -17.0. The van der Waals surface area contributed by atoms with Crippen LogP contribution in [0.25, 0.3) is 11.1 Å². The van der Waals surface area contributed by atoms with Crippen molar-refractivity contribution < 1.29 is 147 Å². The number of hydrogen-bond acceptors (Lipinski definition) is 29. The molecule has 0 saturated carbocycles. The van der Waals surface area contributed by atoms with Gasteiger partial charge in [0.05, 0.1) is 10.0 Å². The zero-order valence-electron chi connectivity index (χ0n) is 66.3. The summed E-state index contributed by atoms with van der Waals surface area (Å²) >= 11 is 14.2. The summed E-state index contributed by atoms with van der Waals surface area (Å²) in [7, 11) is 1.42. The smallest absolute Gasteiger partial charge is 0.335 e. The van der Waals surface area contributed by atoms with Crippen molar-refractivity contribution in [3.8, 4) is 62.9 Å². The van der Waals surface area contributed by atoms with Gasteiger partial charge in [0.25, 0.3) is 0 Å². The number of carbonyl (C=O) groups excluding carboxylic acids is 8. The van der Waals surface area contributed by atoms with Crippen LogP contribution in [0.3, 0.4) is 0 Å². The van der Waals surface area contributed by atoms with Crippen molar-refractivity contribution in [1.29, 1.82) is 0 Å². The summed E-state index contributed by atoms with van der Waals surface area (Å²) < 4.78 is 49.6. The lowest BCUT2D eigenvalue weighted by Crippen LogP contribution is -2.66. The summed E-state index contributed by atoms with van der Waals surface area (Å²) in [6, 6.07) is 2.55. The van der Waals surface area contributed by atoms with E-state index in [9.17, 15) is 85.3 Å². The number of carboxylic acids is 2. The second-order valence-corrected chi connectivity index (χ2v) is 31.5. The molecule has 0 radical (unpaired) electrons. The molecule has 20 atom stereocenters. The van der Waals surface area contributed by atoms with Crippen LogP contribution in [0.2, 0.25) is 10.0 Å². The molecule has 8 aliphatic heterocycles. The van der Waals surface area contributed by atoms with Gasteiger partial charge in [-0.05, 0) is 114 Å². The first-order chi connectivity index (χ1) is 59.2. The van der Waals surface area contributed by atoms with E-state index < -0.39 is 278 Å². The summed E-state index contributed by atoms with van der Waals surface area (Å²) in [5.74, 6) is -18.8. The van der Waals surface area contributed by atoms with Crippen LogP contribution in [0, 0.1) is 0 Å². The number of likely N-dealkylation sites (N-methyl/N-ethyl adjacent to an activating group) is 1. The highest BCUT2D eigenvalue weighted by Crippen LogP contribution is 2.48. The van der Waals surface area contributed by atoms with Crippen molar-refractivity contribution in [1.82, 2.24) is 42.5 Å². The highest BCUT2D eigenvalue weighted by atomic mass is 35.5. The molecule has 38 nitrogen and oxygen atoms in total. The number of esters is 1. The van der Waals surface area contributed by atoms with Crippen molar-refractivity contribution in [2.75, 3.05) is 13.7 Å². The topological polar surface area (TPSA) is 584 Å². The van der Waals surface area contributed by atoms with Crippen LogP contribution in [0.15, 0.2) is 127 Å². The molecule has 9 aliphatic rings. The van der Waals surface area contributed by atoms with Crippen LogP contribution in [0.4, 0.5) is 0 Å². The Kier molecular flexibility index (Phi) is 27.9. The SMILES string of the molecule is CCCCCCCCCCC(=O)N[C@H]1[C@H](OC2C3=CC4=CC2Oc2ccc(cc2Cl)[C@@H](O)[C@@H]2NC(=O)[C@H](NC(=O)[C@@H]4NC(=O)[C@H]4NC(=O)[C@@H](Cc5ccc(cc5)O3)NC(=O)[C@H](NC)c3ccc(O)c(c3)Oc3cc(O)c(Cl)c4c3)c3ccc(O)c(c3)-c3c(O[C@H]4O[C@H](COC(C)=O)[C@@H](O)[C@H](O)[C@@H]4O)cc(O)cc3[C@@H](C(=O)O)NC2=O)O[C@H](C(=O)O)[C@@H](O)[C@@H]1O. The number of fused-ring (bicyclic) bond motifs is 14. The van der Waals surface area contributed by atoms with Gasteiger partial charge >= 0.3 is 17.9 Å². The number of aromatic hydroxyl groups is 4. The number of aliphatic hydroxyl groups is 6. The zero-order valence-corrected chi connectivity index (χ0v) is 67.8. The number of carboxylic acid groups (broad SMARTS) is 2. The van der Waals surface area contributed by atoms with Gasteiger partial charge in [0, 0.05) is 54.2 Å². The third-order valence-corrected chi connectivity index (χ3v) is 22.7. The second-order valence-electron chi connectivity index (χ2n) is 30.7. The summed E-state index contributed by atoms with van der Waals surface area (Å²) in [4.78, 5) is 148. The van der Waals surface area contributed by atoms with E-state index in [-0.39, 0.29) is 34.8 Å². The maximum absolute atomic E-state index is 16.7. The normalized spacial score (nSPS) is 28.1. The van der Waals surface area contributed by atoms with Gasteiger partial charge in [-0.25, -0.2) is 9.59 Å². The largest absolute Gasteiger partial charge is 0.508 e. The number of unbranched alkanes of at least 4 members (excludes halogenated alkanes) is 7. The number of hydrogen-bond donors (Lipinski definition) is 20. The minimum absolute atomic E-state index is 0.124. The van der Waals surface area contributed by atoms with E-state index >= 15 is 24.0 Å². The highest BCUT2D eigenvalue weighted by Gasteiger charge is 2.53. The molecular formula is C84H90Cl2N8O30. The van der Waals surface area contributed by atoms with E-state index in [1.807, 2.05) is 0 Å². The highest BCUT2D eigenvalue weighted by molar-refractivity contribution is 6.33. The van der Waals surface area contributed by atoms with E-state index in [2.05, 4.69) is 49.5 Å². The van der Waals surface area contributed by atoms with E-state index in [0.717, 1.165) is 118 Å². The fourth-order valence-corrected chi connectivity index (χ4v) is 16.0. The number of ether oxygens (including phenoxy) is 8. The molecule has 15 rings (SSSR count). The molecule has 6 aromatic carbocycles. The standard InChI is InChI=1S/C84H90Cl2N8O30/c1-4-5-6-7-8-9-10-11-12-57(100)89-66-69(103)71(105)74(82(115)116)124-83(66)123-73-54-27-39-28-55(73)120-51-22-17-38(25-46(51)85)67(101)65-80(112)93-64(81(113)114)44-29-40(96)30-53(121-84-72(106)70(104)68(102)56(122-84)33-117-34(2)95)58(44)43-24-36(15-20-48(43)97)61(77(109)94-65)90-78(110)62(39)91-79(111)63-45-31-42(32-50(99)59(45)86)119-52-26-37(16-21-49(52)98)60(87-3)76(108)88-47(75(107)92-63)23-35-13-18-41(118-54)19-14-35/h13-22,24-32,47,55-56,60-74,83-84,87,96-99,101-106H,4-12,23,33H2,1-3H3,(H,88,108)(H,89,100)(H,90,110)(H,91,111)(H,92,107)(H,93,112)(H,94,109)(H,113,114)(H,115,116)/t47-,55?,56-,60-,61-,62-,63+,64+,65+,66-,67-,68-,69-,70+,71+,72+,73?,74+,83-,84+/m1/s1. The molecular weight excluding hydrogens is 1670 g/mol. The van der Waals surface area contributed by atoms with Crippen molar-refractivity contribution >= 4 is 82.5 Å². The first kappa shape index (κ1) is 89.8. The quantitative estimate of drug-likeness (QED) is 0.0409. The summed E-state index contributed by atoms with van der Waals surface area (Å²) in [5, 5.41) is 158. The van der Waals surface area contributed by atoms with Crippen LogP contribution in [0.5, 0.6) is 51.7 Å². The zero-order chi connectivity index (χ0) is 89.0. The van der Waals surface area contributed by atoms with Gasteiger partial charge in [-0.15, -0.1) is 0 Å². The maximum Gasteiger partial charge on any atom is 0.335 e. The molecule has 660 valence electrons. The first-order valence-electron chi connectivity index (χ1n) is 39.7. The van der Waals surface area contributed by atoms with E-state index in [1.165, 1.54) is 49.5 Å². The Hall–Kier alpha value is -11.9. The average Bonchev–Trinajstić information content (AvgIpc) is 0.758. The lowest BCUT2D eigenvalue weighted by atomic mass is 9.89. The average molecular weight is 1760 g/mol. The molecule has 2 unspecified atom stereocenters. The number of aliphatic carboxylic acids is 2. The Balaban J connectivity index is 1.02. The van der Waals surface area contributed by atoms with Crippen LogP contribution >= 0.6 is 23.2 Å². The third kappa shape index (κ3) is 19.7. The number of carbonyl (C=O) groups is 10. The van der Waals surface area contributed by atoms with Crippen LogP contribution < -0.4 is 61.5 Å². The molecule has 40 heteroatoms. The number of amides is 7. The third-order valence-electron chi connectivity index (χ3n) is 22.0. The van der Waals surface area contributed by atoms with E-state index in [1.54, 1.807) is 0 Å². The minimum Gasteiger partial charge on any atom is -0.508 e. The predicted molar refractivity (Wildman–Crippen MR) is 428 cm³/mol. The number of halogens is 2. The monoisotopic (exact) mass is 1760 g/mol. The second kappa shape index (κ2) is 38.5. The van der Waals surface area contributed by atoms with Crippen molar-refractivity contribution in [2.45, 2.75) is 200 Å². The summed E-state index contributed by atoms with van der Waals surface area (Å²) in [6.45, 7) is 2.34. The van der Waals surface area contributed by atoms with Gasteiger partial charge in [-0.3, -0.25) is 38.4 Å². The molecule has 6 aromatic rings. The molecule has 2 saturated heterocycles. The van der Waals surface area contributed by atoms with Gasteiger partial charge < -0.3 is 142 Å². The number of phenolic OH excluding ortho intramolecular Hbond substituents is 4. The van der Waals surface area contributed by atoms with Crippen molar-refractivity contribution in [3.63, 3.8) is 0 Å². The Morgan fingerprint density at radius 1 is 0.581 bits per heavy atom. The molecule has 2 fully saturated rings. The van der Waals surface area contributed by atoms with Gasteiger partial charge in [0.15, 0.2) is 42.1 Å². The predicted octanol–water partition coefficient (Wildman–Crippen LogP) is 2.91. The Morgan fingerprint density at radius 3 is 1.96 bits per heavy atom. The van der Waals surface area contributed by atoms with Gasteiger partial charge in [-0.2, -0.15) is 0 Å². The van der Waals surface area contributed by atoms with E-state index in [0.29, 0.717) is 18.4 Å². The Labute approximate surface area is 715 Å². The lowest BCUT2D eigenvalue weighted by molar-refractivity contribution is -0.278. The van der Waals surface area contributed by atoms with Crippen molar-refractivity contribution in [2.24, 2.45) is 0 Å². The maximum atomic E-state index is 16.7. The van der Waals surface area contributed by atoms with Gasteiger partial charge in [0.1, 0.15) is 138 Å². The van der Waals surface area contributed by atoms with E-state index in [4.69, 9.17) is 61.1 Å². The minimum atomic E-state index is -2.45. The van der Waals surface area contributed by atoms with Crippen LogP contribution in [0.1, 0.15) is 135 Å². The van der Waals surface area contributed by atoms with Gasteiger partial charge in [-0.1, -0.05) is 105 Å². The number of rotatable bonds is 19. The molecule has 0 aromatic heterocycles. The Morgan fingerprint density at radius 2 is 1.26 bits per heavy atom. The van der Waals surface area contributed by atoms with Gasteiger partial charge in [0.2, 0.25) is 47.6 Å². The molecule has 1 aliphatic carbocycles. The number of phenols is 4. The summed E-state index contributed by atoms with van der Waals surface area (Å²) in [5.41, 5.74) is -3.25. The Bertz CT molecular complexity index is 5190. The molecule has 17 bridgehead atoms. The molecule has 8 heterocycles.